The van der Waals surface area contributed by atoms with Crippen molar-refractivity contribution in [3.05, 3.63) is 71.4 Å². The number of aromatic nitrogens is 4. The van der Waals surface area contributed by atoms with Crippen molar-refractivity contribution in [3.63, 3.8) is 0 Å². The van der Waals surface area contributed by atoms with Crippen LogP contribution in [0.5, 0.6) is 5.75 Å². The fourth-order valence-electron chi connectivity index (χ4n) is 3.27. The fraction of sp³-hybridized carbons (Fsp3) is 0.174. The lowest BCUT2D eigenvalue weighted by atomic mass is 10.0. The van der Waals surface area contributed by atoms with Crippen LogP contribution in [-0.2, 0) is 9.53 Å². The normalized spacial score (nSPS) is 10.6. The number of esters is 1. The van der Waals surface area contributed by atoms with E-state index in [1.165, 1.54) is 22.3 Å². The molecule has 0 aliphatic heterocycles. The van der Waals surface area contributed by atoms with Gasteiger partial charge in [-0.1, -0.05) is 30.3 Å². The number of anilines is 1. The minimum absolute atomic E-state index is 0.218. The second kappa shape index (κ2) is 10.0. The average Bonchev–Trinajstić information content (AvgIpc) is 3.47. The van der Waals surface area contributed by atoms with Gasteiger partial charge in [-0.25, -0.2) is 9.48 Å². The maximum absolute atomic E-state index is 12.7. The van der Waals surface area contributed by atoms with Crippen LogP contribution in [0.25, 0.3) is 16.8 Å². The Kier molecular flexibility index (Phi) is 6.75. The van der Waals surface area contributed by atoms with Crippen LogP contribution in [0.4, 0.5) is 5.00 Å². The van der Waals surface area contributed by atoms with Crippen LogP contribution < -0.4 is 10.1 Å². The molecule has 0 unspecified atom stereocenters. The fourth-order valence-corrected chi connectivity index (χ4v) is 4.35. The molecule has 0 saturated heterocycles. The van der Waals surface area contributed by atoms with Gasteiger partial charge in [0.05, 0.1) is 12.3 Å². The molecular formula is C23H21N5O4S. The molecule has 0 fully saturated rings. The van der Waals surface area contributed by atoms with Gasteiger partial charge in [0.25, 0.3) is 5.91 Å². The molecule has 2 heterocycles. The van der Waals surface area contributed by atoms with Crippen LogP contribution in [0.15, 0.2) is 60.9 Å². The number of aryl methyl sites for hydroxylation is 1. The van der Waals surface area contributed by atoms with Gasteiger partial charge >= 0.3 is 5.97 Å². The highest BCUT2D eigenvalue weighted by Crippen LogP contribution is 2.40. The van der Waals surface area contributed by atoms with Crippen molar-refractivity contribution in [2.45, 2.75) is 13.8 Å². The van der Waals surface area contributed by atoms with Gasteiger partial charge in [-0.05, 0) is 54.1 Å². The van der Waals surface area contributed by atoms with Crippen LogP contribution in [0.2, 0.25) is 0 Å². The lowest BCUT2D eigenvalue weighted by Crippen LogP contribution is -2.21. The summed E-state index contributed by atoms with van der Waals surface area (Å²) < 4.78 is 12.4. The number of tetrazole rings is 1. The van der Waals surface area contributed by atoms with E-state index in [4.69, 9.17) is 9.47 Å². The molecule has 0 aliphatic rings. The van der Waals surface area contributed by atoms with E-state index in [0.29, 0.717) is 16.3 Å². The third-order valence-corrected chi connectivity index (χ3v) is 5.72. The number of nitrogens with zero attached hydrogens (tertiary/aromatic N) is 4. The molecule has 1 amide bonds. The maximum atomic E-state index is 12.7. The minimum atomic E-state index is -0.477. The molecule has 1 N–H and O–H groups in total. The molecule has 0 radical (unpaired) electrons. The molecular weight excluding hydrogens is 442 g/mol. The summed E-state index contributed by atoms with van der Waals surface area (Å²) in [6.07, 6.45) is 1.48. The van der Waals surface area contributed by atoms with Gasteiger partial charge in [0.1, 0.15) is 22.6 Å². The third kappa shape index (κ3) is 5.07. The largest absolute Gasteiger partial charge is 0.484 e. The predicted octanol–water partition coefficient (Wildman–Crippen LogP) is 3.89. The van der Waals surface area contributed by atoms with E-state index in [2.05, 4.69) is 20.8 Å². The molecule has 168 valence electrons. The number of nitrogens with one attached hydrogen (secondary N) is 1. The van der Waals surface area contributed by atoms with Gasteiger partial charge < -0.3 is 14.8 Å². The van der Waals surface area contributed by atoms with Crippen molar-refractivity contribution in [1.82, 2.24) is 20.2 Å². The van der Waals surface area contributed by atoms with E-state index < -0.39 is 5.97 Å². The van der Waals surface area contributed by atoms with Crippen molar-refractivity contribution < 1.29 is 19.1 Å². The Morgan fingerprint density at radius 2 is 1.85 bits per heavy atom. The highest BCUT2D eigenvalue weighted by molar-refractivity contribution is 7.17. The average molecular weight is 464 g/mol. The monoisotopic (exact) mass is 463 g/mol. The molecule has 2 aromatic carbocycles. The topological polar surface area (TPSA) is 108 Å². The highest BCUT2D eigenvalue weighted by Gasteiger charge is 2.25. The Morgan fingerprint density at radius 1 is 1.09 bits per heavy atom. The van der Waals surface area contributed by atoms with Gasteiger partial charge in [0.15, 0.2) is 6.61 Å². The van der Waals surface area contributed by atoms with Crippen molar-refractivity contribution in [3.8, 4) is 22.6 Å². The summed E-state index contributed by atoms with van der Waals surface area (Å²) in [7, 11) is 0. The quantitative estimate of drug-likeness (QED) is 0.395. The lowest BCUT2D eigenvalue weighted by Gasteiger charge is -2.10. The Balaban J connectivity index is 1.49. The van der Waals surface area contributed by atoms with Crippen molar-refractivity contribution >= 4 is 28.2 Å². The van der Waals surface area contributed by atoms with Gasteiger partial charge in [-0.2, -0.15) is 0 Å². The summed E-state index contributed by atoms with van der Waals surface area (Å²) in [6, 6.07) is 16.5. The van der Waals surface area contributed by atoms with Gasteiger partial charge in [-0.15, -0.1) is 16.4 Å². The van der Waals surface area contributed by atoms with Crippen LogP contribution in [0.1, 0.15) is 22.2 Å². The molecule has 9 nitrogen and oxygen atoms in total. The van der Waals surface area contributed by atoms with E-state index in [9.17, 15) is 9.59 Å². The number of hydrogen-bond acceptors (Lipinski definition) is 8. The Morgan fingerprint density at radius 3 is 2.52 bits per heavy atom. The summed E-state index contributed by atoms with van der Waals surface area (Å²) in [5.41, 5.74) is 2.75. The molecule has 0 atom stereocenters. The number of hydrogen-bond donors (Lipinski definition) is 1. The van der Waals surface area contributed by atoms with E-state index in [0.717, 1.165) is 21.7 Å². The second-order valence-corrected chi connectivity index (χ2v) is 8.13. The third-order valence-electron chi connectivity index (χ3n) is 4.70. The number of rotatable bonds is 8. The maximum Gasteiger partial charge on any atom is 0.341 e. The molecule has 4 rings (SSSR count). The van der Waals surface area contributed by atoms with E-state index >= 15 is 0 Å². The molecule has 0 spiro atoms. The van der Waals surface area contributed by atoms with Crippen LogP contribution in [0, 0.1) is 6.92 Å². The summed E-state index contributed by atoms with van der Waals surface area (Å²) in [5.74, 6) is -0.346. The van der Waals surface area contributed by atoms with E-state index in [-0.39, 0.29) is 19.1 Å². The number of benzene rings is 2. The Labute approximate surface area is 194 Å². The molecule has 2 aromatic heterocycles. The van der Waals surface area contributed by atoms with Crippen molar-refractivity contribution in [1.29, 1.82) is 0 Å². The first-order valence-electron chi connectivity index (χ1n) is 10.2. The summed E-state index contributed by atoms with van der Waals surface area (Å²) in [5, 5.41) is 14.3. The standard InChI is InChI=1S/C23H21N5O4S/c1-3-31-23(30)21-20(16-7-5-4-6-8-16)15(2)33-22(21)25-19(29)13-32-18-11-9-17(10-12-18)28-14-24-26-27-28/h4-12,14H,3,13H2,1-2H3,(H,25,29). The van der Waals surface area contributed by atoms with E-state index in [1.54, 1.807) is 31.2 Å². The van der Waals surface area contributed by atoms with Crippen molar-refractivity contribution in [2.24, 2.45) is 0 Å². The molecule has 0 saturated carbocycles. The zero-order chi connectivity index (χ0) is 23.2. The summed E-state index contributed by atoms with van der Waals surface area (Å²) in [4.78, 5) is 26.3. The number of carbonyl (C=O) groups excluding carboxylic acids is 2. The first-order chi connectivity index (χ1) is 16.1. The van der Waals surface area contributed by atoms with Crippen LogP contribution in [-0.4, -0.2) is 45.3 Å². The number of ether oxygens (including phenoxy) is 2. The van der Waals surface area contributed by atoms with Crippen LogP contribution in [0.3, 0.4) is 0 Å². The second-order valence-electron chi connectivity index (χ2n) is 6.91. The first kappa shape index (κ1) is 22.2. The van der Waals surface area contributed by atoms with E-state index in [1.807, 2.05) is 37.3 Å². The molecule has 10 heteroatoms. The zero-order valence-corrected chi connectivity index (χ0v) is 18.8. The molecule has 4 aromatic rings. The van der Waals surface area contributed by atoms with Gasteiger partial charge in [0.2, 0.25) is 0 Å². The molecule has 0 bridgehead atoms. The van der Waals surface area contributed by atoms with Crippen molar-refractivity contribution in [2.75, 3.05) is 18.5 Å². The van der Waals surface area contributed by atoms with Crippen LogP contribution >= 0.6 is 11.3 Å². The summed E-state index contributed by atoms with van der Waals surface area (Å²) >= 11 is 1.33. The number of amides is 1. The smallest absolute Gasteiger partial charge is 0.341 e. The predicted molar refractivity (Wildman–Crippen MR) is 124 cm³/mol. The molecule has 33 heavy (non-hydrogen) atoms. The number of thiophene rings is 1. The zero-order valence-electron chi connectivity index (χ0n) is 18.0. The minimum Gasteiger partial charge on any atom is -0.484 e. The van der Waals surface area contributed by atoms with Gasteiger partial charge in [-0.3, -0.25) is 4.79 Å². The number of carbonyl (C=O) groups is 2. The Bertz CT molecular complexity index is 1240. The van der Waals surface area contributed by atoms with Gasteiger partial charge in [0, 0.05) is 10.4 Å². The first-order valence-corrected chi connectivity index (χ1v) is 11.0. The molecule has 0 aliphatic carbocycles. The SMILES string of the molecule is CCOC(=O)c1c(NC(=O)COc2ccc(-n3cnnn3)cc2)sc(C)c1-c1ccccc1. The Hall–Kier alpha value is -4.05. The lowest BCUT2D eigenvalue weighted by molar-refractivity contribution is -0.118. The summed E-state index contributed by atoms with van der Waals surface area (Å²) in [6.45, 7) is 3.67. The highest BCUT2D eigenvalue weighted by atomic mass is 32.1.